The molecule has 0 saturated heterocycles. The predicted octanol–water partition coefficient (Wildman–Crippen LogP) is 5.01. The van der Waals surface area contributed by atoms with Gasteiger partial charge in [-0.3, -0.25) is 4.79 Å². The number of ether oxygens (including phenoxy) is 1. The molecule has 0 heterocycles. The smallest absolute Gasteiger partial charge is 0.266 e. The van der Waals surface area contributed by atoms with Crippen LogP contribution in [0, 0.1) is 25.2 Å². The third kappa shape index (κ3) is 4.94. The molecule has 0 radical (unpaired) electrons. The standard InChI is InChI=1S/C20H19BrN2O2/c1-4-25-19-8-6-15(11-17(19)21)10-16(12-22)20(24)23-18-7-5-13(2)9-14(18)3/h5-11H,4H2,1-3H3,(H,23,24)/b16-10+. The molecule has 0 aliphatic heterocycles. The largest absolute Gasteiger partial charge is 0.493 e. The van der Waals surface area contributed by atoms with Gasteiger partial charge in [-0.25, -0.2) is 0 Å². The number of hydrogen-bond acceptors (Lipinski definition) is 3. The summed E-state index contributed by atoms with van der Waals surface area (Å²) in [5, 5.41) is 12.1. The minimum atomic E-state index is -0.431. The van der Waals surface area contributed by atoms with E-state index in [0.717, 1.165) is 26.9 Å². The van der Waals surface area contributed by atoms with Crippen LogP contribution in [0.4, 0.5) is 5.69 Å². The van der Waals surface area contributed by atoms with Crippen LogP contribution < -0.4 is 10.1 Å². The van der Waals surface area contributed by atoms with Gasteiger partial charge in [-0.15, -0.1) is 0 Å². The van der Waals surface area contributed by atoms with Crippen molar-refractivity contribution in [3.63, 3.8) is 0 Å². The van der Waals surface area contributed by atoms with Gasteiger partial charge in [0.1, 0.15) is 17.4 Å². The molecule has 0 aliphatic rings. The molecule has 0 fully saturated rings. The number of nitrogens with one attached hydrogen (secondary N) is 1. The highest BCUT2D eigenvalue weighted by molar-refractivity contribution is 9.10. The fourth-order valence-corrected chi connectivity index (χ4v) is 2.85. The Morgan fingerprint density at radius 1 is 1.28 bits per heavy atom. The number of rotatable bonds is 5. The lowest BCUT2D eigenvalue weighted by molar-refractivity contribution is -0.112. The Balaban J connectivity index is 2.23. The quantitative estimate of drug-likeness (QED) is 0.568. The number of hydrogen-bond donors (Lipinski definition) is 1. The number of benzene rings is 2. The van der Waals surface area contributed by atoms with Gasteiger partial charge in [0.2, 0.25) is 0 Å². The first kappa shape index (κ1) is 18.8. The van der Waals surface area contributed by atoms with Crippen molar-refractivity contribution < 1.29 is 9.53 Å². The molecule has 0 saturated carbocycles. The van der Waals surface area contributed by atoms with Crippen molar-refractivity contribution in [3.05, 3.63) is 63.1 Å². The Bertz CT molecular complexity index is 866. The Kier molecular flexibility index (Phi) is 6.37. The summed E-state index contributed by atoms with van der Waals surface area (Å²) in [4.78, 5) is 12.4. The van der Waals surface area contributed by atoms with Gasteiger partial charge in [0.05, 0.1) is 11.1 Å². The first-order chi connectivity index (χ1) is 11.9. The van der Waals surface area contributed by atoms with Crippen molar-refractivity contribution in [1.82, 2.24) is 0 Å². The molecule has 1 N–H and O–H groups in total. The maximum atomic E-state index is 12.4. The number of nitrogens with zero attached hydrogens (tertiary/aromatic N) is 1. The predicted molar refractivity (Wildman–Crippen MR) is 103 cm³/mol. The van der Waals surface area contributed by atoms with Gasteiger partial charge in [0.15, 0.2) is 0 Å². The number of amides is 1. The Morgan fingerprint density at radius 3 is 2.64 bits per heavy atom. The maximum absolute atomic E-state index is 12.4. The second kappa shape index (κ2) is 8.50. The van der Waals surface area contributed by atoms with Crippen molar-refractivity contribution in [2.75, 3.05) is 11.9 Å². The molecular formula is C20H19BrN2O2. The molecule has 0 aliphatic carbocycles. The van der Waals surface area contributed by atoms with Crippen molar-refractivity contribution in [1.29, 1.82) is 5.26 Å². The minimum Gasteiger partial charge on any atom is -0.493 e. The van der Waals surface area contributed by atoms with Crippen LogP contribution in [0.1, 0.15) is 23.6 Å². The zero-order valence-electron chi connectivity index (χ0n) is 14.4. The highest BCUT2D eigenvalue weighted by Crippen LogP contribution is 2.27. The normalized spacial score (nSPS) is 10.9. The van der Waals surface area contributed by atoms with Crippen LogP contribution in [0.25, 0.3) is 6.08 Å². The van der Waals surface area contributed by atoms with Crippen LogP contribution in [0.5, 0.6) is 5.75 Å². The molecule has 0 unspecified atom stereocenters. The molecule has 5 heteroatoms. The lowest BCUT2D eigenvalue weighted by Gasteiger charge is -2.09. The fourth-order valence-electron chi connectivity index (χ4n) is 2.34. The van der Waals surface area contributed by atoms with Crippen LogP contribution in [-0.4, -0.2) is 12.5 Å². The first-order valence-electron chi connectivity index (χ1n) is 7.87. The zero-order chi connectivity index (χ0) is 18.4. The Hall–Kier alpha value is -2.58. The van der Waals surface area contributed by atoms with E-state index in [0.29, 0.717) is 12.3 Å². The number of carbonyl (C=O) groups is 1. The minimum absolute atomic E-state index is 0.0380. The SMILES string of the molecule is CCOc1ccc(/C=C(\C#N)C(=O)Nc2ccc(C)cc2C)cc1Br. The summed E-state index contributed by atoms with van der Waals surface area (Å²) in [6.45, 7) is 6.38. The Labute approximate surface area is 156 Å². The topological polar surface area (TPSA) is 62.1 Å². The molecule has 128 valence electrons. The molecule has 25 heavy (non-hydrogen) atoms. The van der Waals surface area contributed by atoms with Crippen molar-refractivity contribution in [2.45, 2.75) is 20.8 Å². The third-order valence-corrected chi connectivity index (χ3v) is 4.18. The van der Waals surface area contributed by atoms with Crippen LogP contribution in [0.15, 0.2) is 46.4 Å². The van der Waals surface area contributed by atoms with Crippen LogP contribution in [-0.2, 0) is 4.79 Å². The molecule has 0 aromatic heterocycles. The van der Waals surface area contributed by atoms with Gasteiger partial charge in [-0.05, 0) is 72.1 Å². The van der Waals surface area contributed by atoms with Crippen molar-refractivity contribution >= 4 is 33.6 Å². The molecule has 4 nitrogen and oxygen atoms in total. The summed E-state index contributed by atoms with van der Waals surface area (Å²) in [6.07, 6.45) is 1.55. The number of carbonyl (C=O) groups excluding carboxylic acids is 1. The molecule has 1 amide bonds. The summed E-state index contributed by atoms with van der Waals surface area (Å²) in [7, 11) is 0. The van der Waals surface area contributed by atoms with E-state index < -0.39 is 5.91 Å². The summed E-state index contributed by atoms with van der Waals surface area (Å²) in [5.41, 5.74) is 3.54. The molecule has 2 rings (SSSR count). The Morgan fingerprint density at radius 2 is 2.04 bits per heavy atom. The van der Waals surface area contributed by atoms with Gasteiger partial charge in [-0.2, -0.15) is 5.26 Å². The molecular weight excluding hydrogens is 380 g/mol. The summed E-state index contributed by atoms with van der Waals surface area (Å²) in [6, 6.07) is 13.1. The van der Waals surface area contributed by atoms with Crippen LogP contribution in [0.2, 0.25) is 0 Å². The number of aryl methyl sites for hydroxylation is 2. The first-order valence-corrected chi connectivity index (χ1v) is 8.66. The molecule has 2 aromatic rings. The average Bonchev–Trinajstić information content (AvgIpc) is 2.57. The van der Waals surface area contributed by atoms with E-state index >= 15 is 0 Å². The van der Waals surface area contributed by atoms with Gasteiger partial charge in [0, 0.05) is 5.69 Å². The lowest BCUT2D eigenvalue weighted by atomic mass is 10.1. The van der Waals surface area contributed by atoms with Crippen molar-refractivity contribution in [3.8, 4) is 11.8 Å². The van der Waals surface area contributed by atoms with Gasteiger partial charge in [-0.1, -0.05) is 23.8 Å². The van der Waals surface area contributed by atoms with E-state index in [9.17, 15) is 10.1 Å². The lowest BCUT2D eigenvalue weighted by Crippen LogP contribution is -2.14. The van der Waals surface area contributed by atoms with Crippen LogP contribution >= 0.6 is 15.9 Å². The second-order valence-corrected chi connectivity index (χ2v) is 6.42. The summed E-state index contributed by atoms with van der Waals surface area (Å²) in [5.74, 6) is 0.289. The van der Waals surface area contributed by atoms with Gasteiger partial charge >= 0.3 is 0 Å². The third-order valence-electron chi connectivity index (χ3n) is 3.56. The summed E-state index contributed by atoms with van der Waals surface area (Å²) < 4.78 is 6.23. The monoisotopic (exact) mass is 398 g/mol. The highest BCUT2D eigenvalue weighted by Gasteiger charge is 2.11. The zero-order valence-corrected chi connectivity index (χ0v) is 16.0. The van der Waals surface area contributed by atoms with E-state index in [4.69, 9.17) is 4.74 Å². The number of halogens is 1. The molecule has 0 spiro atoms. The molecule has 2 aromatic carbocycles. The van der Waals surface area contributed by atoms with E-state index in [-0.39, 0.29) is 5.57 Å². The van der Waals surface area contributed by atoms with E-state index in [1.165, 1.54) is 0 Å². The van der Waals surface area contributed by atoms with Gasteiger partial charge in [0.25, 0.3) is 5.91 Å². The molecule has 0 atom stereocenters. The van der Waals surface area contributed by atoms with E-state index in [2.05, 4.69) is 21.2 Å². The summed E-state index contributed by atoms with van der Waals surface area (Å²) >= 11 is 3.43. The van der Waals surface area contributed by atoms with Crippen LogP contribution in [0.3, 0.4) is 0 Å². The van der Waals surface area contributed by atoms with Gasteiger partial charge < -0.3 is 10.1 Å². The number of anilines is 1. The van der Waals surface area contributed by atoms with E-state index in [1.54, 1.807) is 18.2 Å². The second-order valence-electron chi connectivity index (χ2n) is 5.57. The van der Waals surface area contributed by atoms with Crippen molar-refractivity contribution in [2.24, 2.45) is 0 Å². The fraction of sp³-hybridized carbons (Fsp3) is 0.200. The molecule has 0 bridgehead atoms. The maximum Gasteiger partial charge on any atom is 0.266 e. The number of nitriles is 1. The average molecular weight is 399 g/mol. The van der Waals surface area contributed by atoms with E-state index in [1.807, 2.05) is 51.1 Å². The highest BCUT2D eigenvalue weighted by atomic mass is 79.9.